The van der Waals surface area contributed by atoms with Crippen LogP contribution in [0.4, 0.5) is 11.5 Å². The number of nitrogens with zero attached hydrogens (tertiary/aromatic N) is 3. The van der Waals surface area contributed by atoms with Crippen molar-refractivity contribution in [2.24, 2.45) is 5.73 Å². The Morgan fingerprint density at radius 2 is 2.30 bits per heavy atom. The van der Waals surface area contributed by atoms with E-state index in [1.807, 2.05) is 13.8 Å². The zero-order valence-electron chi connectivity index (χ0n) is 11.6. The van der Waals surface area contributed by atoms with Crippen molar-refractivity contribution in [3.05, 3.63) is 6.33 Å². The second-order valence-corrected chi connectivity index (χ2v) is 4.77. The highest BCUT2D eigenvalue weighted by molar-refractivity contribution is 5.85. The predicted octanol–water partition coefficient (Wildman–Crippen LogP) is -0.463. The number of carbonyl (C=O) groups is 1. The lowest BCUT2D eigenvalue weighted by atomic mass is 10.2. The molecule has 0 spiro atoms. The largest absolute Gasteiger partial charge is 0.473 e. The normalized spacial score (nSPS) is 19.1. The van der Waals surface area contributed by atoms with Gasteiger partial charge in [-0.15, -0.1) is 0 Å². The zero-order valence-corrected chi connectivity index (χ0v) is 11.6. The monoisotopic (exact) mass is 281 g/mol. The Bertz CT molecular complexity index is 494. The van der Waals surface area contributed by atoms with Gasteiger partial charge in [0, 0.05) is 6.54 Å². The summed E-state index contributed by atoms with van der Waals surface area (Å²) in [5.74, 6) is 0.275. The SMILES string of the molecule is CC(C)Oc1ncnc(N2CCOCC2C(N)=O)c1N. The molecule has 1 unspecified atom stereocenters. The smallest absolute Gasteiger partial charge is 0.242 e. The molecule has 2 rings (SSSR count). The molecule has 2 heterocycles. The Morgan fingerprint density at radius 3 is 2.95 bits per heavy atom. The summed E-state index contributed by atoms with van der Waals surface area (Å²) >= 11 is 0. The quantitative estimate of drug-likeness (QED) is 0.766. The van der Waals surface area contributed by atoms with E-state index in [1.54, 1.807) is 4.90 Å². The van der Waals surface area contributed by atoms with E-state index >= 15 is 0 Å². The first kappa shape index (κ1) is 14.3. The van der Waals surface area contributed by atoms with Gasteiger partial charge in [-0.25, -0.2) is 4.98 Å². The van der Waals surface area contributed by atoms with Crippen LogP contribution < -0.4 is 21.1 Å². The summed E-state index contributed by atoms with van der Waals surface area (Å²) in [6.07, 6.45) is 1.30. The molecule has 1 aliphatic rings. The first-order chi connectivity index (χ1) is 9.50. The summed E-state index contributed by atoms with van der Waals surface area (Å²) in [4.78, 5) is 21.4. The van der Waals surface area contributed by atoms with Gasteiger partial charge in [0.15, 0.2) is 5.82 Å². The van der Waals surface area contributed by atoms with Crippen molar-refractivity contribution in [3.8, 4) is 5.88 Å². The van der Waals surface area contributed by atoms with E-state index in [9.17, 15) is 4.79 Å². The minimum atomic E-state index is -0.590. The first-order valence-corrected chi connectivity index (χ1v) is 6.41. The number of aromatic nitrogens is 2. The molecule has 0 saturated carbocycles. The van der Waals surface area contributed by atoms with Gasteiger partial charge in [0.25, 0.3) is 0 Å². The topological polar surface area (TPSA) is 117 Å². The van der Waals surface area contributed by atoms with Crippen molar-refractivity contribution in [2.75, 3.05) is 30.4 Å². The van der Waals surface area contributed by atoms with Crippen LogP contribution in [0.2, 0.25) is 0 Å². The number of morpholine rings is 1. The standard InChI is InChI=1S/C12H19N5O3/c1-7(2)20-12-9(13)11(15-6-16-12)17-3-4-19-5-8(17)10(14)18/h6-8H,3-5,13H2,1-2H3,(H2,14,18). The Kier molecular flexibility index (Phi) is 4.23. The van der Waals surface area contributed by atoms with Gasteiger partial charge in [-0.1, -0.05) is 0 Å². The van der Waals surface area contributed by atoms with E-state index in [0.717, 1.165) is 0 Å². The number of primary amides is 1. The Morgan fingerprint density at radius 1 is 1.55 bits per heavy atom. The van der Waals surface area contributed by atoms with Gasteiger partial charge in [-0.05, 0) is 13.8 Å². The highest BCUT2D eigenvalue weighted by Gasteiger charge is 2.31. The average molecular weight is 281 g/mol. The summed E-state index contributed by atoms with van der Waals surface area (Å²) in [6, 6.07) is -0.590. The third kappa shape index (κ3) is 2.90. The Balaban J connectivity index is 2.33. The second-order valence-electron chi connectivity index (χ2n) is 4.77. The van der Waals surface area contributed by atoms with E-state index in [4.69, 9.17) is 20.9 Å². The number of nitrogen functional groups attached to an aromatic ring is 1. The number of ether oxygens (including phenoxy) is 2. The van der Waals surface area contributed by atoms with Crippen molar-refractivity contribution in [2.45, 2.75) is 26.0 Å². The number of nitrogens with two attached hydrogens (primary N) is 2. The van der Waals surface area contributed by atoms with Gasteiger partial charge in [0.05, 0.1) is 19.3 Å². The Labute approximate surface area is 117 Å². The van der Waals surface area contributed by atoms with Crippen molar-refractivity contribution >= 4 is 17.4 Å². The average Bonchev–Trinajstić information content (AvgIpc) is 2.40. The molecule has 1 aromatic heterocycles. The minimum Gasteiger partial charge on any atom is -0.473 e. The summed E-state index contributed by atoms with van der Waals surface area (Å²) in [7, 11) is 0. The fraction of sp³-hybridized carbons (Fsp3) is 0.583. The number of rotatable bonds is 4. The van der Waals surface area contributed by atoms with E-state index < -0.39 is 11.9 Å². The van der Waals surface area contributed by atoms with Crippen LogP contribution in [0.25, 0.3) is 0 Å². The molecular weight excluding hydrogens is 262 g/mol. The number of carbonyl (C=O) groups excluding carboxylic acids is 1. The molecule has 8 nitrogen and oxygen atoms in total. The molecule has 0 aliphatic carbocycles. The number of amides is 1. The highest BCUT2D eigenvalue weighted by Crippen LogP contribution is 2.30. The van der Waals surface area contributed by atoms with E-state index in [2.05, 4.69) is 9.97 Å². The van der Waals surface area contributed by atoms with Crippen LogP contribution in [0.15, 0.2) is 6.33 Å². The molecule has 0 aromatic carbocycles. The lowest BCUT2D eigenvalue weighted by Crippen LogP contribution is -2.53. The van der Waals surface area contributed by atoms with Gasteiger partial charge in [0.1, 0.15) is 18.1 Å². The fourth-order valence-corrected chi connectivity index (χ4v) is 2.01. The molecule has 20 heavy (non-hydrogen) atoms. The summed E-state index contributed by atoms with van der Waals surface area (Å²) in [5, 5.41) is 0. The van der Waals surface area contributed by atoms with Gasteiger partial charge < -0.3 is 25.8 Å². The molecule has 1 fully saturated rings. The lowest BCUT2D eigenvalue weighted by molar-refractivity contribution is -0.121. The molecular formula is C12H19N5O3. The molecule has 8 heteroatoms. The van der Waals surface area contributed by atoms with E-state index in [-0.39, 0.29) is 12.7 Å². The van der Waals surface area contributed by atoms with Crippen molar-refractivity contribution in [1.82, 2.24) is 9.97 Å². The van der Waals surface area contributed by atoms with Crippen LogP contribution in [0.5, 0.6) is 5.88 Å². The van der Waals surface area contributed by atoms with Crippen LogP contribution in [0.1, 0.15) is 13.8 Å². The van der Waals surface area contributed by atoms with Crippen LogP contribution in [0, 0.1) is 0 Å². The molecule has 1 aliphatic heterocycles. The number of anilines is 2. The minimum absolute atomic E-state index is 0.0586. The van der Waals surface area contributed by atoms with Crippen LogP contribution in [-0.2, 0) is 9.53 Å². The first-order valence-electron chi connectivity index (χ1n) is 6.41. The molecule has 1 saturated heterocycles. The van der Waals surface area contributed by atoms with Crippen LogP contribution >= 0.6 is 0 Å². The van der Waals surface area contributed by atoms with Gasteiger partial charge in [-0.2, -0.15) is 4.98 Å². The maximum absolute atomic E-state index is 11.5. The third-order valence-corrected chi connectivity index (χ3v) is 2.90. The van der Waals surface area contributed by atoms with Gasteiger partial charge in [0.2, 0.25) is 11.8 Å². The molecule has 1 amide bonds. The molecule has 1 atom stereocenters. The molecule has 4 N–H and O–H groups in total. The maximum atomic E-state index is 11.5. The molecule has 1 aromatic rings. The lowest BCUT2D eigenvalue weighted by Gasteiger charge is -2.35. The van der Waals surface area contributed by atoms with Gasteiger partial charge in [-0.3, -0.25) is 4.79 Å². The number of hydrogen-bond acceptors (Lipinski definition) is 7. The van der Waals surface area contributed by atoms with E-state index in [0.29, 0.717) is 30.5 Å². The fourth-order valence-electron chi connectivity index (χ4n) is 2.01. The second kappa shape index (κ2) is 5.91. The Hall–Kier alpha value is -2.09. The molecule has 110 valence electrons. The molecule has 0 radical (unpaired) electrons. The van der Waals surface area contributed by atoms with Crippen molar-refractivity contribution < 1.29 is 14.3 Å². The maximum Gasteiger partial charge on any atom is 0.242 e. The molecule has 0 bridgehead atoms. The van der Waals surface area contributed by atoms with Crippen molar-refractivity contribution in [3.63, 3.8) is 0 Å². The predicted molar refractivity (Wildman–Crippen MR) is 73.4 cm³/mol. The third-order valence-electron chi connectivity index (χ3n) is 2.90. The summed E-state index contributed by atoms with van der Waals surface area (Å²) < 4.78 is 10.8. The van der Waals surface area contributed by atoms with Crippen LogP contribution in [0.3, 0.4) is 0 Å². The zero-order chi connectivity index (χ0) is 14.7. The summed E-state index contributed by atoms with van der Waals surface area (Å²) in [6.45, 7) is 4.94. The van der Waals surface area contributed by atoms with E-state index in [1.165, 1.54) is 6.33 Å². The van der Waals surface area contributed by atoms with Gasteiger partial charge >= 0.3 is 0 Å². The van der Waals surface area contributed by atoms with Crippen molar-refractivity contribution in [1.29, 1.82) is 0 Å². The number of hydrogen-bond donors (Lipinski definition) is 2. The summed E-state index contributed by atoms with van der Waals surface area (Å²) in [5.41, 5.74) is 11.7. The van der Waals surface area contributed by atoms with Crippen LogP contribution in [-0.4, -0.2) is 47.8 Å². The highest BCUT2D eigenvalue weighted by atomic mass is 16.5.